The number of nitrogens with one attached hydrogen (secondary N) is 1. The largest absolute Gasteiger partial charge is 0.481 e. The lowest BCUT2D eigenvalue weighted by atomic mass is 9.86. The summed E-state index contributed by atoms with van der Waals surface area (Å²) < 4.78 is 0. The minimum atomic E-state index is -1.19. The molecule has 1 amide bonds. The molecule has 0 spiro atoms. The second-order valence-corrected chi connectivity index (χ2v) is 8.83. The van der Waals surface area contributed by atoms with Crippen LogP contribution < -0.4 is 5.32 Å². The molecule has 1 unspecified atom stereocenters. The number of hydrogen-bond donors (Lipinski definition) is 4. The first-order valence-corrected chi connectivity index (χ1v) is 9.80. The molecule has 0 radical (unpaired) electrons. The zero-order valence-corrected chi connectivity index (χ0v) is 16.6. The second-order valence-electron chi connectivity index (χ2n) is 7.38. The number of carboxylic acids is 2. The van der Waals surface area contributed by atoms with E-state index in [0.717, 1.165) is 0 Å². The summed E-state index contributed by atoms with van der Waals surface area (Å²) in [5.74, 6) is -3.92. The number of aliphatic imine (C=N–C) groups is 1. The third-order valence-electron chi connectivity index (χ3n) is 5.13. The first kappa shape index (κ1) is 21.6. The number of amides is 1. The Hall–Kier alpha value is -1.65. The maximum absolute atomic E-state index is 12.1. The van der Waals surface area contributed by atoms with Gasteiger partial charge in [-0.3, -0.25) is 14.6 Å². The molecule has 2 heterocycles. The van der Waals surface area contributed by atoms with E-state index in [4.69, 9.17) is 0 Å². The van der Waals surface area contributed by atoms with Gasteiger partial charge < -0.3 is 25.5 Å². The topological polar surface area (TPSA) is 140 Å². The number of thioether (sulfide) groups is 1. The Morgan fingerprint density at radius 1 is 1.30 bits per heavy atom. The lowest BCUT2D eigenvalue weighted by Gasteiger charge is -2.27. The zero-order valence-electron chi connectivity index (χ0n) is 15.8. The van der Waals surface area contributed by atoms with Crippen LogP contribution in [-0.4, -0.2) is 93.1 Å². The monoisotopic (exact) mass is 401 g/mol. The van der Waals surface area contributed by atoms with E-state index in [0.29, 0.717) is 13.0 Å². The van der Waals surface area contributed by atoms with Crippen molar-refractivity contribution in [2.75, 3.05) is 20.6 Å². The van der Waals surface area contributed by atoms with Crippen molar-refractivity contribution in [3.63, 3.8) is 0 Å². The zero-order chi connectivity index (χ0) is 20.5. The maximum atomic E-state index is 12.1. The SMILES string of the molecule is C[C@@H]1C([C@H](C(=O)O)[C@@H](C)O)N=C(C(=O)O)[C@H]1S[C@@H]1CN[C@H](C(=O)N(C)C)C1. The van der Waals surface area contributed by atoms with E-state index in [2.05, 4.69) is 10.3 Å². The molecule has 0 aromatic rings. The molecule has 10 heteroatoms. The van der Waals surface area contributed by atoms with Crippen molar-refractivity contribution in [3.05, 3.63) is 0 Å². The van der Waals surface area contributed by atoms with E-state index in [1.54, 1.807) is 21.0 Å². The van der Waals surface area contributed by atoms with E-state index in [9.17, 15) is 29.7 Å². The predicted octanol–water partition coefficient (Wildman–Crippen LogP) is -0.468. The van der Waals surface area contributed by atoms with Gasteiger partial charge >= 0.3 is 11.9 Å². The number of hydrogen-bond acceptors (Lipinski definition) is 7. The van der Waals surface area contributed by atoms with Crippen LogP contribution in [0, 0.1) is 11.8 Å². The van der Waals surface area contributed by atoms with Gasteiger partial charge in [-0.25, -0.2) is 4.79 Å². The van der Waals surface area contributed by atoms with Crippen LogP contribution in [0.15, 0.2) is 4.99 Å². The molecule has 152 valence electrons. The number of aliphatic carboxylic acids is 2. The maximum Gasteiger partial charge on any atom is 0.350 e. The summed E-state index contributed by atoms with van der Waals surface area (Å²) in [6.45, 7) is 3.71. The summed E-state index contributed by atoms with van der Waals surface area (Å²) in [5.41, 5.74) is -0.0632. The van der Waals surface area contributed by atoms with Gasteiger partial charge in [-0.1, -0.05) is 6.92 Å². The Balaban J connectivity index is 2.15. The number of nitrogens with zero attached hydrogens (tertiary/aromatic N) is 2. The van der Waals surface area contributed by atoms with Crippen molar-refractivity contribution in [3.8, 4) is 0 Å². The van der Waals surface area contributed by atoms with Gasteiger partial charge in [-0.2, -0.15) is 0 Å². The van der Waals surface area contributed by atoms with Gasteiger partial charge in [0, 0.05) is 25.9 Å². The summed E-state index contributed by atoms with van der Waals surface area (Å²) >= 11 is 1.42. The number of carbonyl (C=O) groups is 3. The fourth-order valence-electron chi connectivity index (χ4n) is 3.70. The smallest absolute Gasteiger partial charge is 0.350 e. The van der Waals surface area contributed by atoms with Crippen molar-refractivity contribution in [2.24, 2.45) is 16.8 Å². The van der Waals surface area contributed by atoms with Crippen LogP contribution in [0.5, 0.6) is 0 Å². The number of aliphatic hydroxyl groups excluding tert-OH is 1. The molecular formula is C17H27N3O6S. The number of carboxylic acid groups (broad SMARTS) is 2. The van der Waals surface area contributed by atoms with E-state index in [1.807, 2.05) is 0 Å². The molecule has 1 saturated heterocycles. The molecule has 1 fully saturated rings. The van der Waals surface area contributed by atoms with Crippen molar-refractivity contribution in [1.82, 2.24) is 10.2 Å². The van der Waals surface area contributed by atoms with E-state index >= 15 is 0 Å². The minimum Gasteiger partial charge on any atom is -0.481 e. The van der Waals surface area contributed by atoms with Gasteiger partial charge in [0.2, 0.25) is 5.91 Å². The first-order valence-electron chi connectivity index (χ1n) is 8.86. The highest BCUT2D eigenvalue weighted by atomic mass is 32.2. The summed E-state index contributed by atoms with van der Waals surface area (Å²) in [5, 5.41) is 31.5. The Labute approximate surface area is 162 Å². The molecule has 0 saturated carbocycles. The number of carbonyl (C=O) groups excluding carboxylic acids is 1. The molecule has 2 aliphatic heterocycles. The Kier molecular flexibility index (Phi) is 6.87. The fraction of sp³-hybridized carbons (Fsp3) is 0.765. The van der Waals surface area contributed by atoms with Gasteiger partial charge in [0.05, 0.1) is 23.4 Å². The fourth-order valence-corrected chi connectivity index (χ4v) is 5.31. The molecule has 2 rings (SSSR count). The van der Waals surface area contributed by atoms with Crippen LogP contribution >= 0.6 is 11.8 Å². The predicted molar refractivity (Wildman–Crippen MR) is 101 cm³/mol. The van der Waals surface area contributed by atoms with Crippen molar-refractivity contribution in [1.29, 1.82) is 0 Å². The summed E-state index contributed by atoms with van der Waals surface area (Å²) in [6.07, 6.45) is -0.575. The van der Waals surface area contributed by atoms with Crippen molar-refractivity contribution in [2.45, 2.75) is 49.0 Å². The summed E-state index contributed by atoms with van der Waals surface area (Å²) in [7, 11) is 3.37. The highest BCUT2D eigenvalue weighted by molar-refractivity contribution is 8.01. The highest BCUT2D eigenvalue weighted by Gasteiger charge is 2.48. The minimum absolute atomic E-state index is 0.0180. The average Bonchev–Trinajstić information content (AvgIpc) is 3.13. The van der Waals surface area contributed by atoms with Crippen LogP contribution in [0.4, 0.5) is 0 Å². The Morgan fingerprint density at radius 3 is 2.41 bits per heavy atom. The standard InChI is InChI=1S/C17H27N3O6S/c1-7-12(11(8(2)21)16(23)24)19-13(17(25)26)14(7)27-9-5-10(18-6-9)15(22)20(3)4/h7-12,14,18,21H,5-6H2,1-4H3,(H,23,24)(H,25,26)/t7-,8-,9+,10+,11-,12?,14+/m1/s1. The summed E-state index contributed by atoms with van der Waals surface area (Å²) in [6, 6.07) is -1.11. The molecule has 2 aliphatic rings. The summed E-state index contributed by atoms with van der Waals surface area (Å²) in [4.78, 5) is 41.0. The molecule has 4 N–H and O–H groups in total. The van der Waals surface area contributed by atoms with E-state index in [-0.39, 0.29) is 28.8 Å². The van der Waals surface area contributed by atoms with Crippen LogP contribution in [-0.2, 0) is 14.4 Å². The van der Waals surface area contributed by atoms with Gasteiger partial charge in [0.1, 0.15) is 11.6 Å². The normalized spacial score (nSPS) is 32.6. The lowest BCUT2D eigenvalue weighted by molar-refractivity contribution is -0.146. The lowest BCUT2D eigenvalue weighted by Crippen LogP contribution is -2.40. The average molecular weight is 401 g/mol. The van der Waals surface area contributed by atoms with Gasteiger partial charge in [-0.05, 0) is 19.3 Å². The number of likely N-dealkylation sites (N-methyl/N-ethyl adjacent to an activating group) is 1. The van der Waals surface area contributed by atoms with Gasteiger partial charge in [-0.15, -0.1) is 11.8 Å². The molecule has 9 nitrogen and oxygen atoms in total. The molecule has 27 heavy (non-hydrogen) atoms. The molecule has 0 aromatic carbocycles. The number of rotatable bonds is 7. The Bertz CT molecular complexity index is 638. The first-order chi connectivity index (χ1) is 12.5. The second kappa shape index (κ2) is 8.57. The van der Waals surface area contributed by atoms with Crippen LogP contribution in [0.25, 0.3) is 0 Å². The van der Waals surface area contributed by atoms with E-state index < -0.39 is 35.3 Å². The molecule has 0 aromatic heterocycles. The van der Waals surface area contributed by atoms with E-state index in [1.165, 1.54) is 23.6 Å². The Morgan fingerprint density at radius 2 is 1.93 bits per heavy atom. The molecular weight excluding hydrogens is 374 g/mol. The van der Waals surface area contributed by atoms with Gasteiger partial charge in [0.25, 0.3) is 0 Å². The van der Waals surface area contributed by atoms with Crippen LogP contribution in [0.2, 0.25) is 0 Å². The third-order valence-corrected chi connectivity index (χ3v) is 6.82. The van der Waals surface area contributed by atoms with Crippen LogP contribution in [0.1, 0.15) is 20.3 Å². The molecule has 0 bridgehead atoms. The highest BCUT2D eigenvalue weighted by Crippen LogP contribution is 2.39. The van der Waals surface area contributed by atoms with Crippen molar-refractivity contribution < 1.29 is 29.7 Å². The molecule has 7 atom stereocenters. The quantitative estimate of drug-likeness (QED) is 0.449. The third kappa shape index (κ3) is 4.61. The number of aliphatic hydroxyl groups is 1. The van der Waals surface area contributed by atoms with Gasteiger partial charge in [0.15, 0.2) is 0 Å². The van der Waals surface area contributed by atoms with Crippen LogP contribution in [0.3, 0.4) is 0 Å². The van der Waals surface area contributed by atoms with Crippen molar-refractivity contribution >= 4 is 35.3 Å². The molecule has 0 aliphatic carbocycles.